The van der Waals surface area contributed by atoms with Crippen molar-refractivity contribution in [2.24, 2.45) is 0 Å². The van der Waals surface area contributed by atoms with E-state index in [1.807, 2.05) is 0 Å². The second-order valence-electron chi connectivity index (χ2n) is 3.57. The van der Waals surface area contributed by atoms with Gasteiger partial charge in [-0.05, 0) is 18.9 Å². The van der Waals surface area contributed by atoms with Gasteiger partial charge in [-0.1, -0.05) is 6.08 Å². The van der Waals surface area contributed by atoms with Gasteiger partial charge in [0.25, 0.3) is 0 Å². The van der Waals surface area contributed by atoms with Crippen molar-refractivity contribution in [1.82, 2.24) is 0 Å². The van der Waals surface area contributed by atoms with Crippen molar-refractivity contribution in [2.75, 3.05) is 0 Å². The number of rotatable bonds is 0. The zero-order valence-corrected chi connectivity index (χ0v) is 7.98. The molecule has 0 amide bonds. The van der Waals surface area contributed by atoms with Gasteiger partial charge in [-0.3, -0.25) is 0 Å². The summed E-state index contributed by atoms with van der Waals surface area (Å²) >= 11 is 0. The second-order valence-corrected chi connectivity index (χ2v) is 3.57. The van der Waals surface area contributed by atoms with Crippen LogP contribution in [0.15, 0.2) is 23.7 Å². The van der Waals surface area contributed by atoms with Crippen molar-refractivity contribution < 1.29 is 20.4 Å². The van der Waals surface area contributed by atoms with Crippen LogP contribution < -0.4 is 0 Å². The highest BCUT2D eigenvalue weighted by atomic mass is 16.5. The predicted molar refractivity (Wildman–Crippen MR) is 51.7 cm³/mol. The zero-order chi connectivity index (χ0) is 10.6. The molecule has 0 aromatic carbocycles. The van der Waals surface area contributed by atoms with Crippen LogP contribution in [0.3, 0.4) is 0 Å². The van der Waals surface area contributed by atoms with E-state index in [0.717, 1.165) is 12.8 Å². The number of hydrogen-bond donors (Lipinski definition) is 4. The van der Waals surface area contributed by atoms with Gasteiger partial charge in [-0.2, -0.15) is 0 Å². The van der Waals surface area contributed by atoms with Crippen LogP contribution in [0.25, 0.3) is 0 Å². The fourth-order valence-corrected chi connectivity index (χ4v) is 1.36. The third-order valence-electron chi connectivity index (χ3n) is 2.22. The van der Waals surface area contributed by atoms with E-state index in [1.54, 1.807) is 6.08 Å². The molecule has 80 valence electrons. The van der Waals surface area contributed by atoms with Crippen LogP contribution in [0.2, 0.25) is 0 Å². The summed E-state index contributed by atoms with van der Waals surface area (Å²) in [6, 6.07) is 0. The van der Waals surface area contributed by atoms with Gasteiger partial charge in [0.1, 0.15) is 11.5 Å². The monoisotopic (exact) mass is 200 g/mol. The maximum Gasteiger partial charge on any atom is 0.182 e. The number of aliphatic hydroxyl groups is 4. The molecule has 0 aromatic heterocycles. The van der Waals surface area contributed by atoms with E-state index < -0.39 is 5.79 Å². The third kappa shape index (κ3) is 3.40. The Kier molecular flexibility index (Phi) is 3.55. The Morgan fingerprint density at radius 2 is 1.64 bits per heavy atom. The van der Waals surface area contributed by atoms with Crippen LogP contribution in [-0.4, -0.2) is 26.2 Å². The molecule has 0 fully saturated rings. The van der Waals surface area contributed by atoms with E-state index in [9.17, 15) is 0 Å². The molecule has 0 atom stereocenters. The molecular weight excluding hydrogens is 184 g/mol. The molecule has 0 aromatic rings. The summed E-state index contributed by atoms with van der Waals surface area (Å²) in [5.41, 5.74) is 0. The fraction of sp³-hybridized carbons (Fsp3) is 0.600. The highest BCUT2D eigenvalue weighted by molar-refractivity contribution is 5.04. The summed E-state index contributed by atoms with van der Waals surface area (Å²) in [5.74, 6) is -1.12. The van der Waals surface area contributed by atoms with Crippen molar-refractivity contribution >= 4 is 0 Å². The number of allylic oxidation sites excluding steroid dienone is 3. The minimum Gasteiger partial charge on any atom is -0.509 e. The van der Waals surface area contributed by atoms with Gasteiger partial charge in [0.05, 0.1) is 0 Å². The molecule has 4 nitrogen and oxygen atoms in total. The van der Waals surface area contributed by atoms with Crippen LogP contribution in [-0.2, 0) is 0 Å². The summed E-state index contributed by atoms with van der Waals surface area (Å²) < 4.78 is 0. The summed E-state index contributed by atoms with van der Waals surface area (Å²) in [6.07, 6.45) is 6.63. The summed E-state index contributed by atoms with van der Waals surface area (Å²) in [6.45, 7) is 0. The lowest BCUT2D eigenvalue weighted by Gasteiger charge is -2.09. The molecule has 2 aliphatic carbocycles. The summed E-state index contributed by atoms with van der Waals surface area (Å²) in [5, 5.41) is 34.6. The van der Waals surface area contributed by atoms with E-state index >= 15 is 0 Å². The van der Waals surface area contributed by atoms with Crippen molar-refractivity contribution in [3.8, 4) is 0 Å². The molecule has 0 radical (unpaired) electrons. The molecule has 4 heteroatoms. The quantitative estimate of drug-likeness (QED) is 0.353. The van der Waals surface area contributed by atoms with Gasteiger partial charge in [0.15, 0.2) is 5.79 Å². The molecule has 0 heterocycles. The van der Waals surface area contributed by atoms with E-state index in [2.05, 4.69) is 0 Å². The Bertz CT molecular complexity index is 241. The zero-order valence-electron chi connectivity index (χ0n) is 7.98. The van der Waals surface area contributed by atoms with Crippen molar-refractivity contribution in [3.05, 3.63) is 23.7 Å². The topological polar surface area (TPSA) is 80.9 Å². The summed E-state index contributed by atoms with van der Waals surface area (Å²) in [7, 11) is 0. The standard InChI is InChI=1S/2C5H8O2/c6-5(7)3-1-2-4-5;6-4-2-1-3-5(4)7/h1,3,6-7H,2,4H2;6-7H,1-3H2. The molecule has 0 spiro atoms. The van der Waals surface area contributed by atoms with Gasteiger partial charge in [0, 0.05) is 19.3 Å². The maximum absolute atomic E-state index is 8.66. The van der Waals surface area contributed by atoms with Gasteiger partial charge in [0.2, 0.25) is 0 Å². The number of hydrogen-bond acceptors (Lipinski definition) is 4. The highest BCUT2D eigenvalue weighted by Gasteiger charge is 2.21. The van der Waals surface area contributed by atoms with Crippen LogP contribution in [0, 0.1) is 0 Å². The van der Waals surface area contributed by atoms with Crippen LogP contribution >= 0.6 is 0 Å². The minimum absolute atomic E-state index is 0.181. The lowest BCUT2D eigenvalue weighted by Crippen LogP contribution is -2.20. The summed E-state index contributed by atoms with van der Waals surface area (Å²) in [4.78, 5) is 0. The SMILES string of the molecule is OC1(O)C=CCC1.OC1=C(O)CCC1. The second kappa shape index (κ2) is 4.48. The van der Waals surface area contributed by atoms with Crippen molar-refractivity contribution in [3.63, 3.8) is 0 Å². The lowest BCUT2D eigenvalue weighted by atomic mass is 10.3. The normalized spacial score (nSPS) is 23.6. The maximum atomic E-state index is 8.66. The Hall–Kier alpha value is -1.00. The Morgan fingerprint density at radius 3 is 1.79 bits per heavy atom. The molecule has 0 unspecified atom stereocenters. The van der Waals surface area contributed by atoms with Gasteiger partial charge >= 0.3 is 0 Å². The van der Waals surface area contributed by atoms with E-state index in [-0.39, 0.29) is 11.5 Å². The smallest absolute Gasteiger partial charge is 0.182 e. The third-order valence-corrected chi connectivity index (χ3v) is 2.22. The minimum atomic E-state index is -1.49. The molecule has 2 aliphatic rings. The first-order valence-corrected chi connectivity index (χ1v) is 4.74. The Morgan fingerprint density at radius 1 is 1.07 bits per heavy atom. The number of aliphatic hydroxyl groups excluding tert-OH is 2. The molecule has 0 saturated carbocycles. The average Bonchev–Trinajstić information content (AvgIpc) is 2.64. The largest absolute Gasteiger partial charge is 0.509 e. The average molecular weight is 200 g/mol. The molecule has 0 saturated heterocycles. The first kappa shape index (κ1) is 11.1. The van der Waals surface area contributed by atoms with Gasteiger partial charge < -0.3 is 20.4 Å². The molecule has 4 N–H and O–H groups in total. The fourth-order valence-electron chi connectivity index (χ4n) is 1.36. The van der Waals surface area contributed by atoms with E-state index in [4.69, 9.17) is 20.4 Å². The van der Waals surface area contributed by atoms with Crippen LogP contribution in [0.5, 0.6) is 0 Å². The van der Waals surface area contributed by atoms with E-state index in [0.29, 0.717) is 19.3 Å². The highest BCUT2D eigenvalue weighted by Crippen LogP contribution is 2.20. The van der Waals surface area contributed by atoms with Crippen LogP contribution in [0.1, 0.15) is 32.1 Å². The lowest BCUT2D eigenvalue weighted by molar-refractivity contribution is -0.116. The predicted octanol–water partition coefficient (Wildman–Crippen LogP) is 1.52. The molecule has 0 bridgehead atoms. The molecule has 2 rings (SSSR count). The van der Waals surface area contributed by atoms with Crippen molar-refractivity contribution in [2.45, 2.75) is 37.9 Å². The van der Waals surface area contributed by atoms with Gasteiger partial charge in [-0.15, -0.1) is 0 Å². The van der Waals surface area contributed by atoms with Crippen molar-refractivity contribution in [1.29, 1.82) is 0 Å². The molecule has 14 heavy (non-hydrogen) atoms. The van der Waals surface area contributed by atoms with Crippen LogP contribution in [0.4, 0.5) is 0 Å². The first-order valence-electron chi connectivity index (χ1n) is 4.74. The molecular formula is C10H16O4. The van der Waals surface area contributed by atoms with E-state index in [1.165, 1.54) is 6.08 Å². The first-order chi connectivity index (χ1) is 6.51. The Labute approximate surface area is 82.8 Å². The molecule has 0 aliphatic heterocycles. The van der Waals surface area contributed by atoms with Gasteiger partial charge in [-0.25, -0.2) is 0 Å². The Balaban J connectivity index is 0.000000140.